The lowest BCUT2D eigenvalue weighted by atomic mass is 10.5. The fourth-order valence-corrected chi connectivity index (χ4v) is 1.75. The third-order valence-electron chi connectivity index (χ3n) is 2.54. The second kappa shape index (κ2) is 6.61. The van der Waals surface area contributed by atoms with E-state index >= 15 is 0 Å². The molecule has 2 heterocycles. The number of hydrogen-bond donors (Lipinski definition) is 2. The lowest BCUT2D eigenvalue weighted by Gasteiger charge is -2.11. The lowest BCUT2D eigenvalue weighted by Crippen LogP contribution is -2.20. The first kappa shape index (κ1) is 15.4. The first-order chi connectivity index (χ1) is 9.99. The quantitative estimate of drug-likeness (QED) is 0.767. The van der Waals surface area contributed by atoms with E-state index in [9.17, 15) is 13.2 Å². The van der Waals surface area contributed by atoms with Gasteiger partial charge in [0.15, 0.2) is 11.5 Å². The molecule has 0 unspecified atom stereocenters. The lowest BCUT2D eigenvalue weighted by molar-refractivity contribution is -0.172. The molecule has 2 aromatic rings. The maximum Gasteiger partial charge on any atom is 0.411 e. The molecule has 2 aromatic heterocycles. The normalized spacial score (nSPS) is 11.8. The van der Waals surface area contributed by atoms with Gasteiger partial charge in [-0.1, -0.05) is 0 Å². The minimum absolute atomic E-state index is 0.0699. The van der Waals surface area contributed by atoms with Gasteiger partial charge >= 0.3 is 6.18 Å². The molecule has 0 atom stereocenters. The monoisotopic (exact) mass is 303 g/mol. The molecular weight excluding hydrogens is 287 g/mol. The summed E-state index contributed by atoms with van der Waals surface area (Å²) in [5, 5.41) is 6.00. The van der Waals surface area contributed by atoms with Crippen molar-refractivity contribution in [2.75, 3.05) is 36.9 Å². The van der Waals surface area contributed by atoms with Gasteiger partial charge in [0, 0.05) is 25.5 Å². The van der Waals surface area contributed by atoms with E-state index in [2.05, 4.69) is 25.3 Å². The van der Waals surface area contributed by atoms with Gasteiger partial charge in [0.05, 0.1) is 12.8 Å². The van der Waals surface area contributed by atoms with Gasteiger partial charge in [-0.25, -0.2) is 9.97 Å². The Balaban J connectivity index is 1.95. The summed E-state index contributed by atoms with van der Waals surface area (Å²) < 4.78 is 42.1. The molecule has 116 valence electrons. The Bertz CT molecular complexity index is 584. The van der Waals surface area contributed by atoms with E-state index in [0.717, 1.165) is 0 Å². The van der Waals surface area contributed by atoms with Gasteiger partial charge in [0.2, 0.25) is 0 Å². The maximum atomic E-state index is 11.9. The van der Waals surface area contributed by atoms with Crippen LogP contribution in [0.3, 0.4) is 0 Å². The SMILES string of the molecule is CCNc1cn2ccnc2c(NCCOCC(F)(F)F)n1. The van der Waals surface area contributed by atoms with E-state index in [-0.39, 0.29) is 13.2 Å². The number of halogens is 3. The molecule has 0 spiro atoms. The summed E-state index contributed by atoms with van der Waals surface area (Å²) in [4.78, 5) is 8.47. The van der Waals surface area contributed by atoms with Crippen molar-refractivity contribution in [2.24, 2.45) is 0 Å². The third kappa shape index (κ3) is 4.48. The predicted molar refractivity (Wildman–Crippen MR) is 72.5 cm³/mol. The van der Waals surface area contributed by atoms with Crippen molar-refractivity contribution < 1.29 is 17.9 Å². The van der Waals surface area contributed by atoms with Crippen LogP contribution in [0.4, 0.5) is 24.8 Å². The number of ether oxygens (including phenoxy) is 1. The summed E-state index contributed by atoms with van der Waals surface area (Å²) in [5.41, 5.74) is 0.604. The minimum Gasteiger partial charge on any atom is -0.370 e. The first-order valence-corrected chi connectivity index (χ1v) is 6.45. The smallest absolute Gasteiger partial charge is 0.370 e. The van der Waals surface area contributed by atoms with Crippen molar-refractivity contribution >= 4 is 17.3 Å². The standard InChI is InChI=1S/C12H16F3N5O/c1-2-16-9-7-20-5-3-18-11(20)10(19-9)17-4-6-21-8-12(13,14)15/h3,5,7,16H,2,4,6,8H2,1H3,(H,17,19). The number of fused-ring (bicyclic) bond motifs is 1. The van der Waals surface area contributed by atoms with E-state index in [1.54, 1.807) is 23.0 Å². The van der Waals surface area contributed by atoms with Crippen LogP contribution in [0, 0.1) is 0 Å². The number of nitrogens with one attached hydrogen (secondary N) is 2. The largest absolute Gasteiger partial charge is 0.411 e. The summed E-state index contributed by atoms with van der Waals surface area (Å²) in [6.07, 6.45) is 0.873. The molecule has 21 heavy (non-hydrogen) atoms. The molecule has 9 heteroatoms. The van der Waals surface area contributed by atoms with Crippen LogP contribution in [0.1, 0.15) is 6.92 Å². The topological polar surface area (TPSA) is 63.5 Å². The van der Waals surface area contributed by atoms with Gasteiger partial charge in [-0.15, -0.1) is 0 Å². The summed E-state index contributed by atoms with van der Waals surface area (Å²) >= 11 is 0. The van der Waals surface area contributed by atoms with Gasteiger partial charge in [-0.3, -0.25) is 0 Å². The zero-order valence-corrected chi connectivity index (χ0v) is 11.4. The molecule has 0 aliphatic carbocycles. The number of imidazole rings is 1. The van der Waals surface area contributed by atoms with Crippen LogP contribution in [-0.4, -0.2) is 46.8 Å². The third-order valence-corrected chi connectivity index (χ3v) is 2.54. The molecule has 6 nitrogen and oxygen atoms in total. The van der Waals surface area contributed by atoms with Crippen LogP contribution in [0.15, 0.2) is 18.6 Å². The van der Waals surface area contributed by atoms with Gasteiger partial charge in [0.25, 0.3) is 0 Å². The van der Waals surface area contributed by atoms with Crippen LogP contribution in [0.25, 0.3) is 5.65 Å². The summed E-state index contributed by atoms with van der Waals surface area (Å²) in [7, 11) is 0. The number of rotatable bonds is 7. The highest BCUT2D eigenvalue weighted by molar-refractivity contribution is 5.65. The van der Waals surface area contributed by atoms with Crippen LogP contribution < -0.4 is 10.6 Å². The van der Waals surface area contributed by atoms with E-state index < -0.39 is 12.8 Å². The van der Waals surface area contributed by atoms with Gasteiger partial charge in [-0.05, 0) is 6.92 Å². The number of alkyl halides is 3. The Kier molecular flexibility index (Phi) is 4.84. The molecule has 0 aliphatic rings. The number of hydrogen-bond acceptors (Lipinski definition) is 5. The van der Waals surface area contributed by atoms with Gasteiger partial charge in [0.1, 0.15) is 12.4 Å². The van der Waals surface area contributed by atoms with Crippen molar-refractivity contribution in [3.63, 3.8) is 0 Å². The average Bonchev–Trinajstić information content (AvgIpc) is 2.85. The molecule has 0 bridgehead atoms. The molecule has 0 amide bonds. The maximum absolute atomic E-state index is 11.9. The highest BCUT2D eigenvalue weighted by Crippen LogP contribution is 2.16. The highest BCUT2D eigenvalue weighted by Gasteiger charge is 2.27. The Hall–Kier alpha value is -2.03. The molecule has 0 saturated carbocycles. The van der Waals surface area contributed by atoms with Crippen LogP contribution in [0.2, 0.25) is 0 Å². The Morgan fingerprint density at radius 2 is 2.14 bits per heavy atom. The second-order valence-corrected chi connectivity index (χ2v) is 4.26. The van der Waals surface area contributed by atoms with Crippen LogP contribution >= 0.6 is 0 Å². The van der Waals surface area contributed by atoms with E-state index in [0.29, 0.717) is 23.8 Å². The molecule has 0 fully saturated rings. The minimum atomic E-state index is -4.31. The predicted octanol–water partition coefficient (Wildman–Crippen LogP) is 2.15. The summed E-state index contributed by atoms with van der Waals surface area (Å²) in [5.74, 6) is 1.15. The van der Waals surface area contributed by atoms with Crippen molar-refractivity contribution in [1.82, 2.24) is 14.4 Å². The molecule has 0 aliphatic heterocycles. The van der Waals surface area contributed by atoms with Crippen molar-refractivity contribution in [3.05, 3.63) is 18.6 Å². The van der Waals surface area contributed by atoms with Crippen LogP contribution in [-0.2, 0) is 4.74 Å². The Morgan fingerprint density at radius 1 is 1.33 bits per heavy atom. The van der Waals surface area contributed by atoms with Crippen molar-refractivity contribution in [1.29, 1.82) is 0 Å². The van der Waals surface area contributed by atoms with Crippen molar-refractivity contribution in [3.8, 4) is 0 Å². The average molecular weight is 303 g/mol. The van der Waals surface area contributed by atoms with Gasteiger partial charge in [-0.2, -0.15) is 13.2 Å². The molecule has 0 saturated heterocycles. The van der Waals surface area contributed by atoms with E-state index in [1.165, 1.54) is 0 Å². The fraction of sp³-hybridized carbons (Fsp3) is 0.500. The number of anilines is 2. The van der Waals surface area contributed by atoms with Crippen LogP contribution in [0.5, 0.6) is 0 Å². The Labute approximate surface area is 119 Å². The first-order valence-electron chi connectivity index (χ1n) is 6.45. The van der Waals surface area contributed by atoms with E-state index in [1.807, 2.05) is 6.92 Å². The number of aromatic nitrogens is 3. The highest BCUT2D eigenvalue weighted by atomic mass is 19.4. The molecule has 0 radical (unpaired) electrons. The fourth-order valence-electron chi connectivity index (χ4n) is 1.75. The zero-order chi connectivity index (χ0) is 15.3. The van der Waals surface area contributed by atoms with Crippen molar-refractivity contribution in [2.45, 2.75) is 13.1 Å². The van der Waals surface area contributed by atoms with E-state index in [4.69, 9.17) is 0 Å². The number of nitrogens with zero attached hydrogens (tertiary/aromatic N) is 3. The summed E-state index contributed by atoms with van der Waals surface area (Å²) in [6.45, 7) is 1.54. The molecule has 2 rings (SSSR count). The molecule has 0 aromatic carbocycles. The summed E-state index contributed by atoms with van der Waals surface area (Å²) in [6, 6.07) is 0. The van der Waals surface area contributed by atoms with Gasteiger partial charge < -0.3 is 19.8 Å². The second-order valence-electron chi connectivity index (χ2n) is 4.26. The zero-order valence-electron chi connectivity index (χ0n) is 11.4. The Morgan fingerprint density at radius 3 is 2.86 bits per heavy atom. The molecule has 2 N–H and O–H groups in total. The molecular formula is C12H16F3N5O.